The van der Waals surface area contributed by atoms with E-state index in [1.807, 2.05) is 0 Å². The Morgan fingerprint density at radius 2 is 2.11 bits per heavy atom. The molecule has 1 fully saturated rings. The first kappa shape index (κ1) is 19.3. The molecule has 1 aliphatic heterocycles. The number of likely N-dealkylation sites (tertiary alicyclic amines) is 1. The number of piperidine rings is 1. The Bertz CT molecular complexity index is 832. The Kier molecular flexibility index (Phi) is 5.17. The summed E-state index contributed by atoms with van der Waals surface area (Å²) < 4.78 is 45.4. The molecule has 5 nitrogen and oxygen atoms in total. The van der Waals surface area contributed by atoms with Gasteiger partial charge in [0.05, 0.1) is 11.1 Å². The zero-order valence-corrected chi connectivity index (χ0v) is 15.5. The second-order valence-corrected chi connectivity index (χ2v) is 6.86. The third kappa shape index (κ3) is 3.94. The monoisotopic (exact) mass is 381 g/mol. The van der Waals surface area contributed by atoms with Gasteiger partial charge in [-0.25, -0.2) is 4.98 Å². The minimum absolute atomic E-state index is 0.111. The van der Waals surface area contributed by atoms with Gasteiger partial charge in [0, 0.05) is 32.4 Å². The number of anilines is 1. The lowest BCUT2D eigenvalue weighted by atomic mass is 10.0. The summed E-state index contributed by atoms with van der Waals surface area (Å²) in [5.41, 5.74) is -0.262. The number of likely N-dealkylation sites (N-methyl/N-ethyl adjacent to an activating group) is 1. The fourth-order valence-electron chi connectivity index (χ4n) is 3.54. The Morgan fingerprint density at radius 3 is 2.74 bits per heavy atom. The summed E-state index contributed by atoms with van der Waals surface area (Å²) in [4.78, 5) is 20.0. The predicted molar refractivity (Wildman–Crippen MR) is 94.7 cm³/mol. The molecular formula is C19H22F3N3O2. The van der Waals surface area contributed by atoms with Crippen LogP contribution in [0.3, 0.4) is 0 Å². The average Bonchev–Trinajstić information content (AvgIpc) is 2.98. The Balaban J connectivity index is 1.81. The van der Waals surface area contributed by atoms with E-state index in [-0.39, 0.29) is 17.8 Å². The van der Waals surface area contributed by atoms with E-state index in [1.165, 1.54) is 17.2 Å². The van der Waals surface area contributed by atoms with Gasteiger partial charge >= 0.3 is 6.18 Å². The van der Waals surface area contributed by atoms with Crippen LogP contribution in [0, 0.1) is 13.8 Å². The molecule has 1 unspecified atom stereocenters. The average molecular weight is 381 g/mol. The van der Waals surface area contributed by atoms with Crippen molar-refractivity contribution in [1.29, 1.82) is 0 Å². The molecule has 1 amide bonds. The SMILES string of the molecule is Cc1cc(C(=O)N2CCCC(N(C)c3ncccc3C(F)(F)F)C2)c(C)o1. The number of carbonyl (C=O) groups excluding carboxylic acids is 1. The van der Waals surface area contributed by atoms with Crippen LogP contribution in [0.2, 0.25) is 0 Å². The van der Waals surface area contributed by atoms with E-state index in [4.69, 9.17) is 4.42 Å². The number of furan rings is 1. The molecule has 0 saturated carbocycles. The lowest BCUT2D eigenvalue weighted by Crippen LogP contribution is -2.49. The predicted octanol–water partition coefficient (Wildman–Crippen LogP) is 4.05. The maximum Gasteiger partial charge on any atom is 0.419 e. The number of carbonyl (C=O) groups is 1. The molecule has 1 aliphatic rings. The molecule has 0 aromatic carbocycles. The van der Waals surface area contributed by atoms with Gasteiger partial charge in [-0.1, -0.05) is 0 Å². The largest absolute Gasteiger partial charge is 0.466 e. The molecule has 2 aromatic rings. The molecule has 3 rings (SSSR count). The van der Waals surface area contributed by atoms with Crippen LogP contribution in [0.1, 0.15) is 40.3 Å². The van der Waals surface area contributed by atoms with Crippen LogP contribution >= 0.6 is 0 Å². The fraction of sp³-hybridized carbons (Fsp3) is 0.474. The summed E-state index contributed by atoms with van der Waals surface area (Å²) in [7, 11) is 1.60. The summed E-state index contributed by atoms with van der Waals surface area (Å²) in [6, 6.07) is 3.76. The second kappa shape index (κ2) is 7.25. The molecule has 0 radical (unpaired) electrons. The lowest BCUT2D eigenvalue weighted by Gasteiger charge is -2.38. The summed E-state index contributed by atoms with van der Waals surface area (Å²) >= 11 is 0. The van der Waals surface area contributed by atoms with Gasteiger partial charge in [-0.05, 0) is 44.9 Å². The van der Waals surface area contributed by atoms with Gasteiger partial charge in [0.15, 0.2) is 0 Å². The molecule has 3 heterocycles. The third-order valence-electron chi connectivity index (χ3n) is 4.93. The highest BCUT2D eigenvalue weighted by Gasteiger charge is 2.37. The number of halogens is 3. The molecule has 27 heavy (non-hydrogen) atoms. The van der Waals surface area contributed by atoms with Gasteiger partial charge in [0.1, 0.15) is 17.3 Å². The van der Waals surface area contributed by atoms with Gasteiger partial charge in [-0.15, -0.1) is 0 Å². The Labute approximate surface area is 155 Å². The molecule has 0 N–H and O–H groups in total. The van der Waals surface area contributed by atoms with E-state index in [2.05, 4.69) is 4.98 Å². The van der Waals surface area contributed by atoms with Gasteiger partial charge in [-0.3, -0.25) is 4.79 Å². The topological polar surface area (TPSA) is 49.6 Å². The van der Waals surface area contributed by atoms with Crippen molar-refractivity contribution < 1.29 is 22.4 Å². The first-order valence-corrected chi connectivity index (χ1v) is 8.80. The molecule has 146 valence electrons. The summed E-state index contributed by atoms with van der Waals surface area (Å²) in [6.45, 7) is 4.42. The van der Waals surface area contributed by atoms with Crippen molar-refractivity contribution in [3.05, 3.63) is 47.0 Å². The molecule has 0 aliphatic carbocycles. The maximum atomic E-state index is 13.3. The number of hydrogen-bond donors (Lipinski definition) is 0. The number of hydrogen-bond acceptors (Lipinski definition) is 4. The minimum Gasteiger partial charge on any atom is -0.466 e. The normalized spacial score (nSPS) is 17.9. The number of aromatic nitrogens is 1. The number of alkyl halides is 3. The van der Waals surface area contributed by atoms with Gasteiger partial charge < -0.3 is 14.2 Å². The standard InChI is InChI=1S/C19H22F3N3O2/c1-12-10-15(13(2)27-12)18(26)25-9-5-6-14(11-25)24(3)17-16(19(20,21)22)7-4-8-23-17/h4,7-8,10,14H,5-6,9,11H2,1-3H3. The Morgan fingerprint density at radius 1 is 1.37 bits per heavy atom. The summed E-state index contributed by atoms with van der Waals surface area (Å²) in [5, 5.41) is 0. The molecule has 0 bridgehead atoms. The van der Waals surface area contributed by atoms with Crippen molar-refractivity contribution >= 4 is 11.7 Å². The van der Waals surface area contributed by atoms with Gasteiger partial charge in [-0.2, -0.15) is 13.2 Å². The highest BCUT2D eigenvalue weighted by molar-refractivity contribution is 5.95. The third-order valence-corrected chi connectivity index (χ3v) is 4.93. The highest BCUT2D eigenvalue weighted by atomic mass is 19.4. The maximum absolute atomic E-state index is 13.3. The molecule has 2 aromatic heterocycles. The van der Waals surface area contributed by atoms with Crippen molar-refractivity contribution in [2.45, 2.75) is 38.9 Å². The van der Waals surface area contributed by atoms with E-state index in [9.17, 15) is 18.0 Å². The van der Waals surface area contributed by atoms with Crippen LogP contribution in [-0.4, -0.2) is 42.0 Å². The fourth-order valence-corrected chi connectivity index (χ4v) is 3.54. The van der Waals surface area contributed by atoms with E-state index in [0.717, 1.165) is 6.07 Å². The van der Waals surface area contributed by atoms with Gasteiger partial charge in [0.2, 0.25) is 0 Å². The van der Waals surface area contributed by atoms with Crippen LogP contribution in [0.4, 0.5) is 19.0 Å². The van der Waals surface area contributed by atoms with E-state index >= 15 is 0 Å². The number of amides is 1. The van der Waals surface area contributed by atoms with Crippen molar-refractivity contribution in [2.75, 3.05) is 25.0 Å². The van der Waals surface area contributed by atoms with E-state index in [0.29, 0.717) is 43.0 Å². The highest BCUT2D eigenvalue weighted by Crippen LogP contribution is 2.36. The van der Waals surface area contributed by atoms with Crippen LogP contribution in [0.25, 0.3) is 0 Å². The number of aryl methyl sites for hydroxylation is 2. The molecule has 8 heteroatoms. The zero-order valence-electron chi connectivity index (χ0n) is 15.5. The number of nitrogens with zero attached hydrogens (tertiary/aromatic N) is 3. The molecule has 1 atom stereocenters. The molecule has 0 spiro atoms. The van der Waals surface area contributed by atoms with Crippen molar-refractivity contribution in [3.63, 3.8) is 0 Å². The van der Waals surface area contributed by atoms with Crippen molar-refractivity contribution in [1.82, 2.24) is 9.88 Å². The second-order valence-electron chi connectivity index (χ2n) is 6.86. The summed E-state index contributed by atoms with van der Waals surface area (Å²) in [5.74, 6) is 0.945. The van der Waals surface area contributed by atoms with E-state index < -0.39 is 11.7 Å². The van der Waals surface area contributed by atoms with Crippen LogP contribution in [0.15, 0.2) is 28.8 Å². The quantitative estimate of drug-likeness (QED) is 0.805. The van der Waals surface area contributed by atoms with Gasteiger partial charge in [0.25, 0.3) is 5.91 Å². The van der Waals surface area contributed by atoms with Crippen LogP contribution in [0.5, 0.6) is 0 Å². The first-order chi connectivity index (χ1) is 12.7. The smallest absolute Gasteiger partial charge is 0.419 e. The van der Waals surface area contributed by atoms with Crippen molar-refractivity contribution in [2.24, 2.45) is 0 Å². The van der Waals surface area contributed by atoms with Crippen LogP contribution < -0.4 is 4.90 Å². The van der Waals surface area contributed by atoms with Crippen LogP contribution in [-0.2, 0) is 6.18 Å². The lowest BCUT2D eigenvalue weighted by molar-refractivity contribution is -0.137. The minimum atomic E-state index is -4.48. The first-order valence-electron chi connectivity index (χ1n) is 8.80. The van der Waals surface area contributed by atoms with E-state index in [1.54, 1.807) is 31.9 Å². The summed E-state index contributed by atoms with van der Waals surface area (Å²) in [6.07, 6.45) is -1.72. The Hall–Kier alpha value is -2.51. The zero-order chi connectivity index (χ0) is 19.8. The molecule has 1 saturated heterocycles. The van der Waals surface area contributed by atoms with Crippen molar-refractivity contribution in [3.8, 4) is 0 Å². The molecular weight excluding hydrogens is 359 g/mol. The number of rotatable bonds is 3. The number of pyridine rings is 1.